The zero-order valence-corrected chi connectivity index (χ0v) is 12.5. The summed E-state index contributed by atoms with van der Waals surface area (Å²) in [7, 11) is 0. The third-order valence-electron chi connectivity index (χ3n) is 3.48. The van der Waals surface area contributed by atoms with Crippen LogP contribution in [-0.4, -0.2) is 9.97 Å². The fourth-order valence-corrected chi connectivity index (χ4v) is 2.27. The predicted octanol–water partition coefficient (Wildman–Crippen LogP) is 3.32. The Labute approximate surface area is 130 Å². The zero-order chi connectivity index (χ0) is 15.2. The number of hydroxylamine groups is 1. The van der Waals surface area contributed by atoms with E-state index in [4.69, 9.17) is 9.57 Å². The topological polar surface area (TPSA) is 56.3 Å². The molecule has 0 saturated heterocycles. The summed E-state index contributed by atoms with van der Waals surface area (Å²) in [6, 6.07) is 8.52. The maximum atomic E-state index is 5.60. The molecule has 1 N–H and O–H groups in total. The Kier molecular flexibility index (Phi) is 4.65. The highest BCUT2D eigenvalue weighted by Crippen LogP contribution is 2.25. The van der Waals surface area contributed by atoms with Crippen molar-refractivity contribution in [3.63, 3.8) is 0 Å². The molecule has 1 aromatic carbocycles. The molecule has 0 radical (unpaired) electrons. The number of benzene rings is 1. The van der Waals surface area contributed by atoms with Gasteiger partial charge in [-0.1, -0.05) is 37.6 Å². The standard InChI is InChI=1S/C17H19N3O2/c1-2-3-4-13-5-7-14(8-6-13)16-9-17(20-22-16)21-15-10-18-12-19-11-15/h5-12,16,20H,2-4H2,1H3/t16-/m1/s1. The molecular weight excluding hydrogens is 278 g/mol. The second kappa shape index (κ2) is 7.04. The molecular formula is C17H19N3O2. The van der Waals surface area contributed by atoms with Crippen molar-refractivity contribution in [1.29, 1.82) is 0 Å². The molecule has 0 amide bonds. The fraction of sp³-hybridized carbons (Fsp3) is 0.294. The lowest BCUT2D eigenvalue weighted by atomic mass is 10.0. The molecule has 0 fully saturated rings. The molecule has 0 bridgehead atoms. The Hall–Kier alpha value is -2.40. The van der Waals surface area contributed by atoms with Gasteiger partial charge in [0.15, 0.2) is 5.75 Å². The van der Waals surface area contributed by atoms with Gasteiger partial charge in [-0.15, -0.1) is 0 Å². The number of rotatable bonds is 6. The first kappa shape index (κ1) is 14.5. The Balaban J connectivity index is 1.63. The number of nitrogens with one attached hydrogen (secondary N) is 1. The normalized spacial score (nSPS) is 17.0. The van der Waals surface area contributed by atoms with E-state index in [1.165, 1.54) is 24.7 Å². The molecule has 0 saturated carbocycles. The number of aryl methyl sites for hydroxylation is 1. The van der Waals surface area contributed by atoms with Crippen LogP contribution in [0.5, 0.6) is 5.75 Å². The summed E-state index contributed by atoms with van der Waals surface area (Å²) in [4.78, 5) is 13.3. The minimum atomic E-state index is -0.153. The third kappa shape index (κ3) is 3.62. The van der Waals surface area contributed by atoms with Crippen molar-refractivity contribution in [2.24, 2.45) is 0 Å². The third-order valence-corrected chi connectivity index (χ3v) is 3.48. The van der Waals surface area contributed by atoms with Crippen LogP contribution in [0.2, 0.25) is 0 Å². The van der Waals surface area contributed by atoms with Crippen molar-refractivity contribution in [3.05, 3.63) is 66.1 Å². The summed E-state index contributed by atoms with van der Waals surface area (Å²) in [5.74, 6) is 1.12. The highest BCUT2D eigenvalue weighted by atomic mass is 16.7. The van der Waals surface area contributed by atoms with E-state index in [2.05, 4.69) is 46.6 Å². The van der Waals surface area contributed by atoms with E-state index in [1.54, 1.807) is 12.4 Å². The molecule has 1 aliphatic rings. The van der Waals surface area contributed by atoms with E-state index in [0.717, 1.165) is 12.0 Å². The number of hydrogen-bond acceptors (Lipinski definition) is 5. The molecule has 0 spiro atoms. The maximum absolute atomic E-state index is 5.60. The van der Waals surface area contributed by atoms with Gasteiger partial charge in [0.2, 0.25) is 5.88 Å². The van der Waals surface area contributed by atoms with Gasteiger partial charge in [-0.3, -0.25) is 4.84 Å². The summed E-state index contributed by atoms with van der Waals surface area (Å²) in [5.41, 5.74) is 5.24. The first-order valence-corrected chi connectivity index (χ1v) is 7.50. The van der Waals surface area contributed by atoms with Crippen molar-refractivity contribution < 1.29 is 9.57 Å². The van der Waals surface area contributed by atoms with Crippen LogP contribution in [0.25, 0.3) is 0 Å². The Morgan fingerprint density at radius 1 is 1.18 bits per heavy atom. The molecule has 2 heterocycles. The molecule has 2 aromatic rings. The largest absolute Gasteiger partial charge is 0.436 e. The summed E-state index contributed by atoms with van der Waals surface area (Å²) in [6.45, 7) is 2.20. The van der Waals surface area contributed by atoms with E-state index in [9.17, 15) is 0 Å². The SMILES string of the molecule is CCCCc1ccc([C@H]2C=C(Oc3cncnc3)NO2)cc1. The Morgan fingerprint density at radius 2 is 1.95 bits per heavy atom. The van der Waals surface area contributed by atoms with Crippen LogP contribution < -0.4 is 10.2 Å². The van der Waals surface area contributed by atoms with Gasteiger partial charge in [-0.25, -0.2) is 15.4 Å². The molecule has 1 aliphatic heterocycles. The van der Waals surface area contributed by atoms with Gasteiger partial charge >= 0.3 is 0 Å². The van der Waals surface area contributed by atoms with Crippen molar-refractivity contribution in [2.45, 2.75) is 32.3 Å². The van der Waals surface area contributed by atoms with Gasteiger partial charge in [0.1, 0.15) is 12.4 Å². The van der Waals surface area contributed by atoms with Crippen LogP contribution in [0.4, 0.5) is 0 Å². The number of aromatic nitrogens is 2. The molecule has 1 atom stereocenters. The van der Waals surface area contributed by atoms with E-state index < -0.39 is 0 Å². The van der Waals surface area contributed by atoms with Crippen molar-refractivity contribution >= 4 is 0 Å². The van der Waals surface area contributed by atoms with Gasteiger partial charge in [0, 0.05) is 6.08 Å². The molecule has 1 aromatic heterocycles. The lowest BCUT2D eigenvalue weighted by Gasteiger charge is -2.08. The molecule has 114 valence electrons. The first-order chi connectivity index (χ1) is 10.8. The average molecular weight is 297 g/mol. The van der Waals surface area contributed by atoms with E-state index >= 15 is 0 Å². The van der Waals surface area contributed by atoms with Gasteiger partial charge in [-0.05, 0) is 24.0 Å². The highest BCUT2D eigenvalue weighted by molar-refractivity contribution is 5.28. The lowest BCUT2D eigenvalue weighted by Crippen LogP contribution is -2.12. The predicted molar refractivity (Wildman–Crippen MR) is 82.8 cm³/mol. The van der Waals surface area contributed by atoms with Crippen LogP contribution in [0.15, 0.2) is 54.9 Å². The smallest absolute Gasteiger partial charge is 0.216 e. The first-order valence-electron chi connectivity index (χ1n) is 7.50. The van der Waals surface area contributed by atoms with E-state index in [1.807, 2.05) is 6.08 Å². The second-order valence-electron chi connectivity index (χ2n) is 5.19. The summed E-state index contributed by atoms with van der Waals surface area (Å²) < 4.78 is 5.60. The number of ether oxygens (including phenoxy) is 1. The minimum absolute atomic E-state index is 0.153. The zero-order valence-electron chi connectivity index (χ0n) is 12.5. The molecule has 5 nitrogen and oxygen atoms in total. The molecule has 3 rings (SSSR count). The van der Waals surface area contributed by atoms with Crippen molar-refractivity contribution in [1.82, 2.24) is 15.4 Å². The van der Waals surface area contributed by atoms with Crippen LogP contribution in [-0.2, 0) is 11.3 Å². The minimum Gasteiger partial charge on any atom is -0.436 e. The summed E-state index contributed by atoms with van der Waals surface area (Å²) in [5, 5.41) is 0. The second-order valence-corrected chi connectivity index (χ2v) is 5.19. The molecule has 0 unspecified atom stereocenters. The average Bonchev–Trinajstić information content (AvgIpc) is 3.03. The molecule has 0 aliphatic carbocycles. The Morgan fingerprint density at radius 3 is 2.68 bits per heavy atom. The lowest BCUT2D eigenvalue weighted by molar-refractivity contribution is 0.0272. The number of hydrogen-bond donors (Lipinski definition) is 1. The maximum Gasteiger partial charge on any atom is 0.216 e. The fourth-order valence-electron chi connectivity index (χ4n) is 2.27. The highest BCUT2D eigenvalue weighted by Gasteiger charge is 2.19. The van der Waals surface area contributed by atoms with Gasteiger partial charge < -0.3 is 4.74 Å². The van der Waals surface area contributed by atoms with E-state index in [-0.39, 0.29) is 6.10 Å². The van der Waals surface area contributed by atoms with E-state index in [0.29, 0.717) is 11.6 Å². The Bertz CT molecular complexity index is 626. The van der Waals surface area contributed by atoms with Crippen LogP contribution in [0.1, 0.15) is 37.0 Å². The van der Waals surface area contributed by atoms with Gasteiger partial charge in [0.25, 0.3) is 0 Å². The summed E-state index contributed by atoms with van der Waals surface area (Å²) in [6.07, 6.45) is 9.97. The van der Waals surface area contributed by atoms with Crippen molar-refractivity contribution in [2.75, 3.05) is 0 Å². The number of nitrogens with zero attached hydrogens (tertiary/aromatic N) is 2. The van der Waals surface area contributed by atoms with Crippen molar-refractivity contribution in [3.8, 4) is 5.75 Å². The molecule has 22 heavy (non-hydrogen) atoms. The van der Waals surface area contributed by atoms with Gasteiger partial charge in [0.05, 0.1) is 12.4 Å². The van der Waals surface area contributed by atoms with Crippen LogP contribution >= 0.6 is 0 Å². The van der Waals surface area contributed by atoms with Crippen LogP contribution in [0.3, 0.4) is 0 Å². The summed E-state index contributed by atoms with van der Waals surface area (Å²) >= 11 is 0. The quantitative estimate of drug-likeness (QED) is 0.886. The monoisotopic (exact) mass is 297 g/mol. The molecule has 5 heteroatoms. The van der Waals surface area contributed by atoms with Gasteiger partial charge in [-0.2, -0.15) is 0 Å². The van der Waals surface area contributed by atoms with Crippen LogP contribution in [0, 0.1) is 0 Å². The number of unbranched alkanes of at least 4 members (excludes halogenated alkanes) is 1.